The molecule has 0 radical (unpaired) electrons. The zero-order valence-electron chi connectivity index (χ0n) is 19.1. The molecule has 2 heterocycles. The number of fused-ring (bicyclic) bond motifs is 1. The van der Waals surface area contributed by atoms with E-state index in [4.69, 9.17) is 15.1 Å². The van der Waals surface area contributed by atoms with Crippen LogP contribution in [0.25, 0.3) is 22.5 Å². The molecule has 0 bridgehead atoms. The molecule has 0 saturated carbocycles. The summed E-state index contributed by atoms with van der Waals surface area (Å²) in [5.74, 6) is -0.0554. The van der Waals surface area contributed by atoms with Crippen molar-refractivity contribution in [2.75, 3.05) is 18.0 Å². The van der Waals surface area contributed by atoms with Crippen LogP contribution in [0.5, 0.6) is 0 Å². The highest BCUT2D eigenvalue weighted by Gasteiger charge is 2.23. The zero-order chi connectivity index (χ0) is 23.2. The van der Waals surface area contributed by atoms with Gasteiger partial charge in [0, 0.05) is 30.6 Å². The second kappa shape index (κ2) is 10.6. The van der Waals surface area contributed by atoms with Gasteiger partial charge in [-0.15, -0.1) is 0 Å². The van der Waals surface area contributed by atoms with E-state index >= 15 is 0 Å². The second-order valence-electron chi connectivity index (χ2n) is 8.71. The molecule has 3 aromatic rings. The lowest BCUT2D eigenvalue weighted by molar-refractivity contribution is -0.137. The number of hydrogen-bond acceptors (Lipinski definition) is 4. The fraction of sp³-hybridized carbons (Fsp3) is 0.370. The first-order valence-electron chi connectivity index (χ1n) is 11.7. The van der Waals surface area contributed by atoms with Gasteiger partial charge < -0.3 is 10.0 Å². The molecule has 0 atom stereocenters. The van der Waals surface area contributed by atoms with Crippen molar-refractivity contribution in [3.05, 3.63) is 65.6 Å². The molecule has 1 N–H and O–H groups in total. The first-order chi connectivity index (χ1) is 16.0. The zero-order valence-corrected chi connectivity index (χ0v) is 19.1. The smallest absolute Gasteiger partial charge is 0.303 e. The van der Waals surface area contributed by atoms with Crippen LogP contribution in [0.15, 0.2) is 48.5 Å². The molecule has 33 heavy (non-hydrogen) atoms. The number of aryl methyl sites for hydroxylation is 2. The van der Waals surface area contributed by atoms with Gasteiger partial charge in [0.2, 0.25) is 0 Å². The van der Waals surface area contributed by atoms with E-state index in [9.17, 15) is 9.18 Å². The Morgan fingerprint density at radius 2 is 1.58 bits per heavy atom. The van der Waals surface area contributed by atoms with Crippen molar-refractivity contribution in [3.8, 4) is 22.5 Å². The number of benzene rings is 2. The molecule has 0 spiro atoms. The summed E-state index contributed by atoms with van der Waals surface area (Å²) < 4.78 is 13.6. The van der Waals surface area contributed by atoms with Crippen LogP contribution in [-0.2, 0) is 11.2 Å². The summed E-state index contributed by atoms with van der Waals surface area (Å²) in [4.78, 5) is 23.2. The normalized spacial score (nSPS) is 13.1. The Kier molecular flexibility index (Phi) is 7.33. The van der Waals surface area contributed by atoms with E-state index in [2.05, 4.69) is 36.1 Å². The van der Waals surface area contributed by atoms with E-state index in [0.717, 1.165) is 85.6 Å². The number of carbonyl (C=O) groups is 1. The first kappa shape index (κ1) is 22.9. The number of anilines is 1. The molecule has 2 aromatic carbocycles. The lowest BCUT2D eigenvalue weighted by atomic mass is 10.0. The highest BCUT2D eigenvalue weighted by molar-refractivity contribution is 5.79. The van der Waals surface area contributed by atoms with Crippen LogP contribution < -0.4 is 4.90 Å². The van der Waals surface area contributed by atoms with Gasteiger partial charge in [-0.3, -0.25) is 4.79 Å². The van der Waals surface area contributed by atoms with Crippen molar-refractivity contribution in [1.82, 2.24) is 9.97 Å². The fourth-order valence-electron chi connectivity index (χ4n) is 4.30. The number of carboxylic acids is 1. The number of halogens is 1. The Morgan fingerprint density at radius 1 is 0.939 bits per heavy atom. The minimum absolute atomic E-state index is 0.240. The van der Waals surface area contributed by atoms with Crippen molar-refractivity contribution in [2.24, 2.45) is 0 Å². The van der Waals surface area contributed by atoms with Crippen molar-refractivity contribution >= 4 is 11.8 Å². The predicted molar refractivity (Wildman–Crippen MR) is 129 cm³/mol. The average Bonchev–Trinajstić information content (AvgIpc) is 2.81. The Hall–Kier alpha value is -3.28. The van der Waals surface area contributed by atoms with Crippen LogP contribution in [-0.4, -0.2) is 34.1 Å². The highest BCUT2D eigenvalue weighted by atomic mass is 19.1. The van der Waals surface area contributed by atoms with E-state index in [-0.39, 0.29) is 12.2 Å². The van der Waals surface area contributed by atoms with Gasteiger partial charge in [-0.25, -0.2) is 14.4 Å². The van der Waals surface area contributed by atoms with Crippen LogP contribution in [0, 0.1) is 12.7 Å². The lowest BCUT2D eigenvalue weighted by Crippen LogP contribution is -2.32. The van der Waals surface area contributed by atoms with E-state index in [0.29, 0.717) is 0 Å². The van der Waals surface area contributed by atoms with Crippen molar-refractivity contribution in [2.45, 2.75) is 51.9 Å². The number of aromatic nitrogens is 2. The fourth-order valence-corrected chi connectivity index (χ4v) is 4.30. The first-order valence-corrected chi connectivity index (χ1v) is 11.7. The van der Waals surface area contributed by atoms with Crippen molar-refractivity contribution in [1.29, 1.82) is 0 Å². The van der Waals surface area contributed by atoms with Gasteiger partial charge in [0.1, 0.15) is 5.82 Å². The maximum atomic E-state index is 13.6. The van der Waals surface area contributed by atoms with E-state index in [1.807, 2.05) is 0 Å². The van der Waals surface area contributed by atoms with Crippen LogP contribution >= 0.6 is 0 Å². The molecule has 5 nitrogen and oxygen atoms in total. The van der Waals surface area contributed by atoms with Gasteiger partial charge in [-0.1, -0.05) is 42.7 Å². The molecule has 1 aromatic heterocycles. The average molecular weight is 448 g/mol. The summed E-state index contributed by atoms with van der Waals surface area (Å²) in [6, 6.07) is 14.7. The highest BCUT2D eigenvalue weighted by Crippen LogP contribution is 2.35. The molecule has 0 fully saturated rings. The Morgan fingerprint density at radius 3 is 2.27 bits per heavy atom. The standard InChI is InChI=1S/C27H30FN3O2/c1-19-9-11-20(12-10-19)26-25(21-13-15-22(28)16-14-21)29-23-7-6-18-31(27(23)30-26)17-5-3-2-4-8-24(32)33/h9-16H,2-8,17-18H2,1H3,(H,32,33). The number of rotatable bonds is 9. The minimum atomic E-state index is -0.726. The minimum Gasteiger partial charge on any atom is -0.481 e. The van der Waals surface area contributed by atoms with Crippen LogP contribution in [0.4, 0.5) is 10.2 Å². The number of nitrogens with zero attached hydrogens (tertiary/aromatic N) is 3. The van der Waals surface area contributed by atoms with E-state index < -0.39 is 5.97 Å². The van der Waals surface area contributed by atoms with E-state index in [1.165, 1.54) is 17.7 Å². The summed E-state index contributed by atoms with van der Waals surface area (Å²) >= 11 is 0. The van der Waals surface area contributed by atoms with Gasteiger partial charge in [0.25, 0.3) is 0 Å². The molecular weight excluding hydrogens is 417 g/mol. The largest absolute Gasteiger partial charge is 0.481 e. The summed E-state index contributed by atoms with van der Waals surface area (Å²) in [5.41, 5.74) is 5.62. The molecule has 6 heteroatoms. The summed E-state index contributed by atoms with van der Waals surface area (Å²) in [6.45, 7) is 3.89. The molecule has 0 amide bonds. The van der Waals surface area contributed by atoms with Crippen molar-refractivity contribution in [3.63, 3.8) is 0 Å². The monoisotopic (exact) mass is 447 g/mol. The van der Waals surface area contributed by atoms with E-state index in [1.54, 1.807) is 12.1 Å². The van der Waals surface area contributed by atoms with Gasteiger partial charge in [-0.05, 0) is 56.9 Å². The SMILES string of the molecule is Cc1ccc(-c2nc3c(nc2-c2ccc(F)cc2)CCCN3CCCCCCC(=O)O)cc1. The Labute approximate surface area is 194 Å². The van der Waals surface area contributed by atoms with Crippen LogP contribution in [0.2, 0.25) is 0 Å². The summed E-state index contributed by atoms with van der Waals surface area (Å²) in [6.07, 6.45) is 5.80. The molecular formula is C27H30FN3O2. The third-order valence-electron chi connectivity index (χ3n) is 6.10. The van der Waals surface area contributed by atoms with Gasteiger partial charge >= 0.3 is 5.97 Å². The number of aliphatic carboxylic acids is 1. The van der Waals surface area contributed by atoms with Gasteiger partial charge in [-0.2, -0.15) is 0 Å². The maximum Gasteiger partial charge on any atom is 0.303 e. The van der Waals surface area contributed by atoms with Gasteiger partial charge in [0.05, 0.1) is 17.1 Å². The van der Waals surface area contributed by atoms with Gasteiger partial charge in [0.15, 0.2) is 5.82 Å². The van der Waals surface area contributed by atoms with Crippen molar-refractivity contribution < 1.29 is 14.3 Å². The molecule has 0 saturated heterocycles. The number of carboxylic acid groups (broad SMARTS) is 1. The molecule has 172 valence electrons. The number of unbranched alkanes of at least 4 members (excludes halogenated alkanes) is 3. The molecule has 1 aliphatic rings. The third kappa shape index (κ3) is 5.75. The second-order valence-corrected chi connectivity index (χ2v) is 8.71. The quantitative estimate of drug-likeness (QED) is 0.405. The predicted octanol–water partition coefficient (Wildman–Crippen LogP) is 6.05. The van der Waals surface area contributed by atoms with Crippen LogP contribution in [0.3, 0.4) is 0 Å². The topological polar surface area (TPSA) is 66.3 Å². The molecule has 1 aliphatic heterocycles. The molecule has 4 rings (SSSR count). The lowest BCUT2D eigenvalue weighted by Gasteiger charge is -2.30. The van der Waals surface area contributed by atoms with Crippen LogP contribution in [0.1, 0.15) is 49.8 Å². The Bertz CT molecular complexity index is 1100. The number of hydrogen-bond donors (Lipinski definition) is 1. The third-order valence-corrected chi connectivity index (χ3v) is 6.10. The molecule has 0 aliphatic carbocycles. The summed E-state index contributed by atoms with van der Waals surface area (Å²) in [5, 5.41) is 8.79. The molecule has 0 unspecified atom stereocenters. The Balaban J connectivity index is 1.62. The maximum absolute atomic E-state index is 13.6. The summed E-state index contributed by atoms with van der Waals surface area (Å²) in [7, 11) is 0.